The first-order valence-corrected chi connectivity index (χ1v) is 12.0. The zero-order chi connectivity index (χ0) is 22.0. The molecule has 0 fully saturated rings. The van der Waals surface area contributed by atoms with Crippen LogP contribution in [0, 0.1) is 0 Å². The maximum Gasteiger partial charge on any atom is -0.000697 e. The van der Waals surface area contributed by atoms with Crippen molar-refractivity contribution < 1.29 is 0 Å². The molecule has 0 unspecified atom stereocenters. The number of benzene rings is 9. The van der Waals surface area contributed by atoms with Gasteiger partial charge in [-0.3, -0.25) is 0 Å². The van der Waals surface area contributed by atoms with E-state index >= 15 is 0 Å². The van der Waals surface area contributed by atoms with Crippen LogP contribution in [-0.4, -0.2) is 0 Å². The van der Waals surface area contributed by atoms with E-state index in [-0.39, 0.29) is 0 Å². The van der Waals surface area contributed by atoms with Crippen molar-refractivity contribution >= 4 is 75.4 Å². The Morgan fingerprint density at radius 2 is 0.765 bits per heavy atom. The van der Waals surface area contributed by atoms with Gasteiger partial charge in [-0.25, -0.2) is 0 Å². The summed E-state index contributed by atoms with van der Waals surface area (Å²) in [6, 6.07) is 40.8. The largest absolute Gasteiger partial charge is 0.0622 e. The van der Waals surface area contributed by atoms with Gasteiger partial charge in [0, 0.05) is 0 Å². The molecule has 9 rings (SSSR count). The van der Waals surface area contributed by atoms with Crippen molar-refractivity contribution in [3.8, 4) is 11.1 Å². The Balaban J connectivity index is 1.75. The number of rotatable bonds is 1. The first-order chi connectivity index (χ1) is 16.9. The first kappa shape index (κ1) is 17.1. The highest BCUT2D eigenvalue weighted by molar-refractivity contribution is 6.48. The van der Waals surface area contributed by atoms with Gasteiger partial charge in [0.1, 0.15) is 0 Å². The van der Waals surface area contributed by atoms with Crippen molar-refractivity contribution in [2.45, 2.75) is 0 Å². The Kier molecular flexibility index (Phi) is 2.88. The molecule has 154 valence electrons. The predicted octanol–water partition coefficient (Wildman–Crippen LogP) is 9.74. The van der Waals surface area contributed by atoms with E-state index < -0.39 is 0 Å². The van der Waals surface area contributed by atoms with E-state index in [1.807, 2.05) is 0 Å². The van der Waals surface area contributed by atoms with Crippen molar-refractivity contribution in [1.29, 1.82) is 0 Å². The van der Waals surface area contributed by atoms with Crippen molar-refractivity contribution in [3.05, 3.63) is 109 Å². The Morgan fingerprint density at radius 3 is 1.44 bits per heavy atom. The van der Waals surface area contributed by atoms with Crippen LogP contribution >= 0.6 is 0 Å². The minimum Gasteiger partial charge on any atom is -0.0622 e. The summed E-state index contributed by atoms with van der Waals surface area (Å²) in [5, 5.41) is 19.3. The molecule has 0 nitrogen and oxygen atoms in total. The Hall–Kier alpha value is -4.42. The highest BCUT2D eigenvalue weighted by Gasteiger charge is 2.23. The second-order valence-corrected chi connectivity index (χ2v) is 9.66. The van der Waals surface area contributed by atoms with Gasteiger partial charge in [-0.2, -0.15) is 0 Å². The topological polar surface area (TPSA) is 0 Å². The third kappa shape index (κ3) is 1.85. The van der Waals surface area contributed by atoms with E-state index in [4.69, 9.17) is 0 Å². The van der Waals surface area contributed by atoms with Gasteiger partial charge in [0.15, 0.2) is 0 Å². The zero-order valence-corrected chi connectivity index (χ0v) is 18.4. The molecule has 9 aromatic carbocycles. The summed E-state index contributed by atoms with van der Waals surface area (Å²) >= 11 is 0. The van der Waals surface area contributed by atoms with Crippen molar-refractivity contribution in [1.82, 2.24) is 0 Å². The lowest BCUT2D eigenvalue weighted by Crippen LogP contribution is -1.95. The molecule has 0 amide bonds. The van der Waals surface area contributed by atoms with E-state index in [2.05, 4.69) is 109 Å². The molecule has 0 heterocycles. The number of hydrogen-bond acceptors (Lipinski definition) is 0. The monoisotopic (exact) mass is 426 g/mol. The van der Waals surface area contributed by atoms with Crippen molar-refractivity contribution in [2.75, 3.05) is 0 Å². The van der Waals surface area contributed by atoms with E-state index in [9.17, 15) is 0 Å². The Morgan fingerprint density at radius 1 is 0.294 bits per heavy atom. The highest BCUT2D eigenvalue weighted by Crippen LogP contribution is 2.52. The molecular weight excluding hydrogens is 408 g/mol. The van der Waals surface area contributed by atoms with Gasteiger partial charge in [0.05, 0.1) is 0 Å². The molecule has 0 N–H and O–H groups in total. The van der Waals surface area contributed by atoms with E-state index in [1.54, 1.807) is 0 Å². The number of fused-ring (bicyclic) bond motifs is 3. The van der Waals surface area contributed by atoms with Crippen LogP contribution in [0.2, 0.25) is 0 Å². The van der Waals surface area contributed by atoms with E-state index in [1.165, 1.54) is 86.5 Å². The summed E-state index contributed by atoms with van der Waals surface area (Å²) in [5.74, 6) is 0. The molecule has 0 saturated heterocycles. The maximum atomic E-state index is 2.45. The van der Waals surface area contributed by atoms with Crippen LogP contribution in [0.25, 0.3) is 86.5 Å². The summed E-state index contributed by atoms with van der Waals surface area (Å²) in [6.45, 7) is 0. The summed E-state index contributed by atoms with van der Waals surface area (Å²) in [7, 11) is 0. The van der Waals surface area contributed by atoms with E-state index in [0.717, 1.165) is 0 Å². The van der Waals surface area contributed by atoms with Gasteiger partial charge in [-0.05, 0) is 92.6 Å². The lowest BCUT2D eigenvalue weighted by atomic mass is 9.79. The molecule has 0 aliphatic heterocycles. The highest BCUT2D eigenvalue weighted by atomic mass is 14.3. The molecule has 0 saturated carbocycles. The lowest BCUT2D eigenvalue weighted by Gasteiger charge is -2.23. The van der Waals surface area contributed by atoms with Crippen LogP contribution in [0.15, 0.2) is 109 Å². The standard InChI is InChI=1S/C34H18/c1-2-6-19(7-3-1)27-18-28-24-9-5-4-8-23(24)25-16-14-21-12-10-20-11-13-22-15-17-26(27)33-31(22)29(20)30(21)32(25)34(28)33/h1-18H. The summed E-state index contributed by atoms with van der Waals surface area (Å²) < 4.78 is 0. The molecule has 0 aliphatic carbocycles. The fourth-order valence-corrected chi connectivity index (χ4v) is 6.73. The lowest BCUT2D eigenvalue weighted by molar-refractivity contribution is 1.68. The SMILES string of the molecule is c1ccc(-c2cc3c4ccccc4c4ccc5ccc6ccc7ccc2c2c7c6c5c4c32)cc1. The molecule has 0 radical (unpaired) electrons. The average Bonchev–Trinajstić information content (AvgIpc) is 2.91. The van der Waals surface area contributed by atoms with Crippen LogP contribution in [0.1, 0.15) is 0 Å². The molecule has 34 heavy (non-hydrogen) atoms. The third-order valence-corrected chi connectivity index (χ3v) is 8.09. The second kappa shape index (κ2) is 5.73. The van der Waals surface area contributed by atoms with Gasteiger partial charge >= 0.3 is 0 Å². The molecule has 0 spiro atoms. The first-order valence-electron chi connectivity index (χ1n) is 12.0. The zero-order valence-electron chi connectivity index (χ0n) is 18.4. The molecule has 0 aliphatic rings. The van der Waals surface area contributed by atoms with Crippen LogP contribution in [-0.2, 0) is 0 Å². The van der Waals surface area contributed by atoms with Crippen molar-refractivity contribution in [2.24, 2.45) is 0 Å². The molecule has 0 heteroatoms. The summed E-state index contributed by atoms with van der Waals surface area (Å²) in [4.78, 5) is 0. The van der Waals surface area contributed by atoms with Gasteiger partial charge in [-0.15, -0.1) is 0 Å². The quantitative estimate of drug-likeness (QED) is 0.181. The van der Waals surface area contributed by atoms with Crippen molar-refractivity contribution in [3.63, 3.8) is 0 Å². The van der Waals surface area contributed by atoms with Crippen LogP contribution < -0.4 is 0 Å². The normalized spacial score (nSPS) is 12.7. The smallest absolute Gasteiger partial charge is 0.000697 e. The molecule has 0 atom stereocenters. The molecule has 0 aromatic heterocycles. The Labute approximate surface area is 195 Å². The fraction of sp³-hybridized carbons (Fsp3) is 0. The molecule has 0 bridgehead atoms. The third-order valence-electron chi connectivity index (χ3n) is 8.09. The van der Waals surface area contributed by atoms with Gasteiger partial charge in [-0.1, -0.05) is 103 Å². The van der Waals surface area contributed by atoms with Crippen LogP contribution in [0.4, 0.5) is 0 Å². The molecule has 9 aromatic rings. The maximum absolute atomic E-state index is 2.45. The molecular formula is C34H18. The summed E-state index contributed by atoms with van der Waals surface area (Å²) in [5.41, 5.74) is 2.59. The van der Waals surface area contributed by atoms with E-state index in [0.29, 0.717) is 0 Å². The fourth-order valence-electron chi connectivity index (χ4n) is 6.73. The minimum atomic E-state index is 1.28. The number of hydrogen-bond donors (Lipinski definition) is 0. The van der Waals surface area contributed by atoms with Gasteiger partial charge in [0.2, 0.25) is 0 Å². The minimum absolute atomic E-state index is 1.28. The van der Waals surface area contributed by atoms with Gasteiger partial charge in [0.25, 0.3) is 0 Å². The Bertz CT molecular complexity index is 2190. The average molecular weight is 427 g/mol. The van der Waals surface area contributed by atoms with Gasteiger partial charge < -0.3 is 0 Å². The van der Waals surface area contributed by atoms with Crippen LogP contribution in [0.3, 0.4) is 0 Å². The van der Waals surface area contributed by atoms with Crippen LogP contribution in [0.5, 0.6) is 0 Å². The predicted molar refractivity (Wildman–Crippen MR) is 148 cm³/mol. The second-order valence-electron chi connectivity index (χ2n) is 9.66. The summed E-state index contributed by atoms with van der Waals surface area (Å²) in [6.07, 6.45) is 0.